The SMILES string of the molecule is CCCCCC(O)C(F)C(C)O. The van der Waals surface area contributed by atoms with E-state index in [4.69, 9.17) is 5.11 Å². The second-order valence-electron chi connectivity index (χ2n) is 3.25. The molecule has 0 spiro atoms. The van der Waals surface area contributed by atoms with Gasteiger partial charge in [0.2, 0.25) is 0 Å². The summed E-state index contributed by atoms with van der Waals surface area (Å²) in [4.78, 5) is 0. The lowest BCUT2D eigenvalue weighted by Gasteiger charge is -2.17. The van der Waals surface area contributed by atoms with Crippen molar-refractivity contribution in [2.75, 3.05) is 0 Å². The van der Waals surface area contributed by atoms with Crippen LogP contribution < -0.4 is 0 Å². The van der Waals surface area contributed by atoms with E-state index in [0.29, 0.717) is 6.42 Å². The van der Waals surface area contributed by atoms with Crippen LogP contribution in [0.2, 0.25) is 0 Å². The normalized spacial score (nSPS) is 18.8. The smallest absolute Gasteiger partial charge is 0.151 e. The Morgan fingerprint density at radius 3 is 2.25 bits per heavy atom. The first-order chi connectivity index (χ1) is 5.59. The van der Waals surface area contributed by atoms with Crippen molar-refractivity contribution < 1.29 is 14.6 Å². The van der Waals surface area contributed by atoms with Gasteiger partial charge in [-0.25, -0.2) is 4.39 Å². The second kappa shape index (κ2) is 6.38. The molecule has 0 amide bonds. The minimum atomic E-state index is -1.50. The van der Waals surface area contributed by atoms with Crippen molar-refractivity contribution in [2.24, 2.45) is 0 Å². The maximum absolute atomic E-state index is 12.8. The maximum Gasteiger partial charge on any atom is 0.151 e. The zero-order chi connectivity index (χ0) is 9.56. The average molecular weight is 178 g/mol. The fourth-order valence-corrected chi connectivity index (χ4v) is 1.08. The predicted molar refractivity (Wildman–Crippen MR) is 46.7 cm³/mol. The first kappa shape index (κ1) is 11.8. The van der Waals surface area contributed by atoms with Gasteiger partial charge in [0.1, 0.15) is 0 Å². The van der Waals surface area contributed by atoms with Gasteiger partial charge in [0, 0.05) is 0 Å². The third-order valence-corrected chi connectivity index (χ3v) is 1.93. The molecule has 3 atom stereocenters. The number of unbranched alkanes of at least 4 members (excludes halogenated alkanes) is 2. The minimum Gasteiger partial charge on any atom is -0.390 e. The topological polar surface area (TPSA) is 40.5 Å². The Kier molecular flexibility index (Phi) is 6.30. The van der Waals surface area contributed by atoms with Gasteiger partial charge in [0.05, 0.1) is 12.2 Å². The highest BCUT2D eigenvalue weighted by Gasteiger charge is 2.22. The summed E-state index contributed by atoms with van der Waals surface area (Å²) >= 11 is 0. The molecule has 0 rings (SSSR count). The third kappa shape index (κ3) is 4.67. The molecule has 0 aromatic carbocycles. The molecule has 3 unspecified atom stereocenters. The van der Waals surface area contributed by atoms with Crippen LogP contribution in [0.1, 0.15) is 39.5 Å². The van der Waals surface area contributed by atoms with Crippen LogP contribution >= 0.6 is 0 Å². The van der Waals surface area contributed by atoms with E-state index in [-0.39, 0.29) is 0 Å². The van der Waals surface area contributed by atoms with E-state index in [1.807, 2.05) is 6.92 Å². The molecule has 0 aromatic rings. The first-order valence-corrected chi connectivity index (χ1v) is 4.59. The average Bonchev–Trinajstić information content (AvgIpc) is 2.03. The Labute approximate surface area is 73.4 Å². The van der Waals surface area contributed by atoms with E-state index in [9.17, 15) is 9.50 Å². The molecular formula is C9H19FO2. The van der Waals surface area contributed by atoms with Crippen LogP contribution in [0.3, 0.4) is 0 Å². The van der Waals surface area contributed by atoms with E-state index in [1.165, 1.54) is 6.92 Å². The van der Waals surface area contributed by atoms with E-state index < -0.39 is 18.4 Å². The van der Waals surface area contributed by atoms with Crippen LogP contribution in [0.4, 0.5) is 4.39 Å². The van der Waals surface area contributed by atoms with Crippen molar-refractivity contribution in [3.63, 3.8) is 0 Å². The molecule has 3 heteroatoms. The maximum atomic E-state index is 12.8. The molecule has 74 valence electrons. The van der Waals surface area contributed by atoms with E-state index >= 15 is 0 Å². The Balaban J connectivity index is 3.49. The van der Waals surface area contributed by atoms with Gasteiger partial charge < -0.3 is 10.2 Å². The van der Waals surface area contributed by atoms with E-state index in [0.717, 1.165) is 19.3 Å². The summed E-state index contributed by atoms with van der Waals surface area (Å²) in [5, 5.41) is 18.0. The highest BCUT2D eigenvalue weighted by Crippen LogP contribution is 2.11. The Bertz CT molecular complexity index is 107. The first-order valence-electron chi connectivity index (χ1n) is 4.59. The number of alkyl halides is 1. The summed E-state index contributed by atoms with van der Waals surface area (Å²) in [7, 11) is 0. The molecule has 2 N–H and O–H groups in total. The number of rotatable bonds is 6. The van der Waals surface area contributed by atoms with Gasteiger partial charge in [0.15, 0.2) is 6.17 Å². The molecule has 2 nitrogen and oxygen atoms in total. The summed E-state index contributed by atoms with van der Waals surface area (Å²) in [6, 6.07) is 0. The quantitative estimate of drug-likeness (QED) is 0.607. The fourth-order valence-electron chi connectivity index (χ4n) is 1.08. The molecule has 0 aliphatic carbocycles. The standard InChI is InChI=1S/C9H19FO2/c1-3-4-5-6-8(12)9(10)7(2)11/h7-9,11-12H,3-6H2,1-2H3. The number of hydrogen-bond acceptors (Lipinski definition) is 2. The molecule has 0 saturated heterocycles. The molecular weight excluding hydrogens is 159 g/mol. The number of halogens is 1. The third-order valence-electron chi connectivity index (χ3n) is 1.93. The molecule has 0 aliphatic rings. The fraction of sp³-hybridized carbons (Fsp3) is 1.00. The number of aliphatic hydroxyl groups excluding tert-OH is 2. The summed E-state index contributed by atoms with van der Waals surface area (Å²) in [5.74, 6) is 0. The van der Waals surface area contributed by atoms with Crippen molar-refractivity contribution in [1.82, 2.24) is 0 Å². The Morgan fingerprint density at radius 1 is 1.25 bits per heavy atom. The van der Waals surface area contributed by atoms with E-state index in [1.54, 1.807) is 0 Å². The van der Waals surface area contributed by atoms with Crippen LogP contribution in [0.5, 0.6) is 0 Å². The molecule has 0 bridgehead atoms. The summed E-state index contributed by atoms with van der Waals surface area (Å²) in [6.45, 7) is 3.40. The van der Waals surface area contributed by atoms with Crippen LogP contribution in [0, 0.1) is 0 Å². The highest BCUT2D eigenvalue weighted by molar-refractivity contribution is 4.72. The predicted octanol–water partition coefficient (Wildman–Crippen LogP) is 1.65. The Morgan fingerprint density at radius 2 is 1.83 bits per heavy atom. The summed E-state index contributed by atoms with van der Waals surface area (Å²) < 4.78 is 12.8. The van der Waals surface area contributed by atoms with Crippen LogP contribution in [0.25, 0.3) is 0 Å². The Hall–Kier alpha value is -0.150. The van der Waals surface area contributed by atoms with Gasteiger partial charge in [-0.15, -0.1) is 0 Å². The zero-order valence-electron chi connectivity index (χ0n) is 7.83. The largest absolute Gasteiger partial charge is 0.390 e. The van der Waals surface area contributed by atoms with Gasteiger partial charge in [-0.05, 0) is 13.3 Å². The molecule has 0 fully saturated rings. The second-order valence-corrected chi connectivity index (χ2v) is 3.25. The molecule has 0 heterocycles. The summed E-state index contributed by atoms with van der Waals surface area (Å²) in [5.41, 5.74) is 0. The van der Waals surface area contributed by atoms with Crippen molar-refractivity contribution >= 4 is 0 Å². The van der Waals surface area contributed by atoms with Gasteiger partial charge in [-0.2, -0.15) is 0 Å². The molecule has 0 radical (unpaired) electrons. The van der Waals surface area contributed by atoms with Gasteiger partial charge in [-0.3, -0.25) is 0 Å². The monoisotopic (exact) mass is 178 g/mol. The lowest BCUT2D eigenvalue weighted by Crippen LogP contribution is -2.31. The van der Waals surface area contributed by atoms with Crippen molar-refractivity contribution in [1.29, 1.82) is 0 Å². The molecule has 0 aliphatic heterocycles. The van der Waals surface area contributed by atoms with Crippen molar-refractivity contribution in [3.8, 4) is 0 Å². The number of hydrogen-bond donors (Lipinski definition) is 2. The molecule has 0 saturated carbocycles. The van der Waals surface area contributed by atoms with Crippen LogP contribution in [0.15, 0.2) is 0 Å². The highest BCUT2D eigenvalue weighted by atomic mass is 19.1. The molecule has 0 aromatic heterocycles. The lowest BCUT2D eigenvalue weighted by molar-refractivity contribution is -0.00641. The van der Waals surface area contributed by atoms with Gasteiger partial charge >= 0.3 is 0 Å². The number of aliphatic hydroxyl groups is 2. The minimum absolute atomic E-state index is 0.444. The lowest BCUT2D eigenvalue weighted by atomic mass is 10.0. The zero-order valence-corrected chi connectivity index (χ0v) is 7.83. The van der Waals surface area contributed by atoms with Crippen molar-refractivity contribution in [2.45, 2.75) is 57.9 Å². The van der Waals surface area contributed by atoms with Gasteiger partial charge in [-0.1, -0.05) is 26.2 Å². The van der Waals surface area contributed by atoms with Crippen molar-refractivity contribution in [3.05, 3.63) is 0 Å². The van der Waals surface area contributed by atoms with Gasteiger partial charge in [0.25, 0.3) is 0 Å². The van der Waals surface area contributed by atoms with Crippen LogP contribution in [-0.2, 0) is 0 Å². The van der Waals surface area contributed by atoms with Crippen LogP contribution in [-0.4, -0.2) is 28.6 Å². The van der Waals surface area contributed by atoms with E-state index in [2.05, 4.69) is 0 Å². The summed E-state index contributed by atoms with van der Waals surface area (Å²) in [6.07, 6.45) is -0.243. The molecule has 12 heavy (non-hydrogen) atoms.